The van der Waals surface area contributed by atoms with Gasteiger partial charge in [0.25, 0.3) is 0 Å². The molecule has 0 unspecified atom stereocenters. The largest absolute Gasteiger partial charge is 0.478 e. The number of aliphatic carboxylic acids is 1. The number of anilines is 1. The fourth-order valence-electron chi connectivity index (χ4n) is 0.718. The van der Waals surface area contributed by atoms with E-state index in [1.165, 1.54) is 12.3 Å². The van der Waals surface area contributed by atoms with E-state index in [0.717, 1.165) is 6.08 Å². The molecule has 1 heterocycles. The average molecular weight is 164 g/mol. The highest BCUT2D eigenvalue weighted by molar-refractivity contribution is 5.86. The smallest absolute Gasteiger partial charge is 0.328 e. The molecule has 12 heavy (non-hydrogen) atoms. The Morgan fingerprint density at radius 1 is 1.67 bits per heavy atom. The van der Waals surface area contributed by atoms with Crippen molar-refractivity contribution in [3.8, 4) is 0 Å². The summed E-state index contributed by atoms with van der Waals surface area (Å²) in [5.74, 6) is -1.00. The highest BCUT2D eigenvalue weighted by Gasteiger charge is 1.93. The van der Waals surface area contributed by atoms with E-state index in [4.69, 9.17) is 10.8 Å². The SMILES string of the molecule is Nc1ccncc1/C=C\C(=O)O. The number of aromatic nitrogens is 1. The molecule has 0 fully saturated rings. The van der Waals surface area contributed by atoms with Crippen molar-refractivity contribution in [2.75, 3.05) is 5.73 Å². The second-order valence-electron chi connectivity index (χ2n) is 2.18. The molecule has 3 N–H and O–H groups in total. The van der Waals surface area contributed by atoms with Crippen molar-refractivity contribution in [1.29, 1.82) is 0 Å². The predicted molar refractivity (Wildman–Crippen MR) is 45.3 cm³/mol. The molecule has 0 aromatic carbocycles. The van der Waals surface area contributed by atoms with Gasteiger partial charge in [0.05, 0.1) is 0 Å². The molecule has 0 aliphatic heterocycles. The van der Waals surface area contributed by atoms with Gasteiger partial charge in [-0.3, -0.25) is 4.98 Å². The Bertz CT molecular complexity index is 321. The molecule has 0 saturated heterocycles. The van der Waals surface area contributed by atoms with Crippen molar-refractivity contribution < 1.29 is 9.90 Å². The third-order valence-electron chi connectivity index (χ3n) is 1.29. The lowest BCUT2D eigenvalue weighted by Crippen LogP contribution is -1.91. The number of rotatable bonds is 2. The summed E-state index contributed by atoms with van der Waals surface area (Å²) in [5, 5.41) is 8.32. The second-order valence-corrected chi connectivity index (χ2v) is 2.18. The van der Waals surface area contributed by atoms with Crippen LogP contribution in [0.15, 0.2) is 24.5 Å². The molecule has 4 nitrogen and oxygen atoms in total. The molecule has 0 atom stereocenters. The molecule has 1 aromatic rings. The lowest BCUT2D eigenvalue weighted by molar-refractivity contribution is -0.131. The van der Waals surface area contributed by atoms with Crippen LogP contribution in [0, 0.1) is 0 Å². The van der Waals surface area contributed by atoms with Gasteiger partial charge in [0, 0.05) is 29.7 Å². The minimum absolute atomic E-state index is 0.516. The number of hydrogen-bond acceptors (Lipinski definition) is 3. The standard InChI is InChI=1S/C8H8N2O2/c9-7-3-4-10-5-6(7)1-2-8(11)12/h1-5H,(H2,9,10)(H,11,12)/b2-1-. The van der Waals surface area contributed by atoms with Gasteiger partial charge >= 0.3 is 5.97 Å². The van der Waals surface area contributed by atoms with E-state index in [2.05, 4.69) is 4.98 Å². The van der Waals surface area contributed by atoms with Crippen molar-refractivity contribution in [2.24, 2.45) is 0 Å². The lowest BCUT2D eigenvalue weighted by atomic mass is 10.2. The van der Waals surface area contributed by atoms with Crippen LogP contribution in [0.5, 0.6) is 0 Å². The van der Waals surface area contributed by atoms with E-state index in [1.54, 1.807) is 12.3 Å². The molecule has 1 rings (SSSR count). The first-order valence-electron chi connectivity index (χ1n) is 3.30. The van der Waals surface area contributed by atoms with Crippen molar-refractivity contribution >= 4 is 17.7 Å². The summed E-state index contributed by atoms with van der Waals surface area (Å²) in [4.78, 5) is 13.9. The van der Waals surface area contributed by atoms with Crippen LogP contribution in [0.4, 0.5) is 5.69 Å². The molecule has 0 radical (unpaired) electrons. The summed E-state index contributed by atoms with van der Waals surface area (Å²) in [7, 11) is 0. The number of carbonyl (C=O) groups is 1. The van der Waals surface area contributed by atoms with Crippen LogP contribution in [0.1, 0.15) is 5.56 Å². The van der Waals surface area contributed by atoms with Crippen molar-refractivity contribution in [3.05, 3.63) is 30.1 Å². The summed E-state index contributed by atoms with van der Waals surface area (Å²) in [6.07, 6.45) is 5.49. The highest BCUT2D eigenvalue weighted by atomic mass is 16.4. The first-order valence-corrected chi connectivity index (χ1v) is 3.30. The molecule has 0 aliphatic rings. The molecule has 0 spiro atoms. The molecule has 1 aromatic heterocycles. The molecular formula is C8H8N2O2. The van der Waals surface area contributed by atoms with Gasteiger partial charge in [0.1, 0.15) is 0 Å². The van der Waals surface area contributed by atoms with Crippen LogP contribution in [-0.2, 0) is 4.79 Å². The Hall–Kier alpha value is -1.84. The quantitative estimate of drug-likeness (QED) is 0.633. The van der Waals surface area contributed by atoms with E-state index < -0.39 is 5.97 Å². The minimum atomic E-state index is -1.00. The van der Waals surface area contributed by atoms with E-state index in [9.17, 15) is 4.79 Å². The monoisotopic (exact) mass is 164 g/mol. The second kappa shape index (κ2) is 3.52. The first kappa shape index (κ1) is 8.26. The van der Waals surface area contributed by atoms with Gasteiger partial charge < -0.3 is 10.8 Å². The molecule has 0 bridgehead atoms. The summed E-state index contributed by atoms with van der Waals surface area (Å²) >= 11 is 0. The summed E-state index contributed by atoms with van der Waals surface area (Å²) in [6.45, 7) is 0. The van der Waals surface area contributed by atoms with E-state index >= 15 is 0 Å². The van der Waals surface area contributed by atoms with Gasteiger partial charge in [-0.25, -0.2) is 4.79 Å². The van der Waals surface area contributed by atoms with E-state index in [0.29, 0.717) is 11.3 Å². The van der Waals surface area contributed by atoms with Crippen LogP contribution in [0.3, 0.4) is 0 Å². The number of nitrogens with two attached hydrogens (primary N) is 1. The zero-order valence-corrected chi connectivity index (χ0v) is 6.27. The van der Waals surface area contributed by atoms with E-state index in [1.807, 2.05) is 0 Å². The maximum absolute atomic E-state index is 10.1. The number of hydrogen-bond donors (Lipinski definition) is 2. The van der Waals surface area contributed by atoms with Crippen LogP contribution >= 0.6 is 0 Å². The van der Waals surface area contributed by atoms with Gasteiger partial charge in [-0.05, 0) is 12.1 Å². The van der Waals surface area contributed by atoms with Gasteiger partial charge in [-0.2, -0.15) is 0 Å². The fourth-order valence-corrected chi connectivity index (χ4v) is 0.718. The topological polar surface area (TPSA) is 76.2 Å². The van der Waals surface area contributed by atoms with Gasteiger partial charge in [0.15, 0.2) is 0 Å². The van der Waals surface area contributed by atoms with Crippen LogP contribution in [-0.4, -0.2) is 16.1 Å². The average Bonchev–Trinajstić information content (AvgIpc) is 2.03. The number of carboxylic acids is 1. The van der Waals surface area contributed by atoms with E-state index in [-0.39, 0.29) is 0 Å². The van der Waals surface area contributed by atoms with Crippen LogP contribution in [0.25, 0.3) is 6.08 Å². The predicted octanol–water partition coefficient (Wildman–Crippen LogP) is 0.762. The minimum Gasteiger partial charge on any atom is -0.478 e. The Morgan fingerprint density at radius 2 is 2.42 bits per heavy atom. The van der Waals surface area contributed by atoms with Crippen molar-refractivity contribution in [3.63, 3.8) is 0 Å². The molecule has 4 heteroatoms. The third-order valence-corrected chi connectivity index (χ3v) is 1.29. The lowest BCUT2D eigenvalue weighted by Gasteiger charge is -1.95. The first-order chi connectivity index (χ1) is 5.70. The molecular weight excluding hydrogens is 156 g/mol. The Morgan fingerprint density at radius 3 is 3.00 bits per heavy atom. The highest BCUT2D eigenvalue weighted by Crippen LogP contribution is 2.09. The molecule has 62 valence electrons. The van der Waals surface area contributed by atoms with Crippen LogP contribution < -0.4 is 5.73 Å². The summed E-state index contributed by atoms with van der Waals surface area (Å²) < 4.78 is 0. The van der Waals surface area contributed by atoms with Gasteiger partial charge in [-0.1, -0.05) is 0 Å². The molecule has 0 amide bonds. The third kappa shape index (κ3) is 2.09. The number of carboxylic acid groups (broad SMARTS) is 1. The Balaban J connectivity index is 2.89. The molecule has 0 saturated carbocycles. The van der Waals surface area contributed by atoms with Crippen molar-refractivity contribution in [1.82, 2.24) is 4.98 Å². The zero-order valence-electron chi connectivity index (χ0n) is 6.27. The van der Waals surface area contributed by atoms with Gasteiger partial charge in [0.2, 0.25) is 0 Å². The number of nitrogen functional groups attached to an aromatic ring is 1. The normalized spacial score (nSPS) is 10.3. The Labute approximate surface area is 69.4 Å². The van der Waals surface area contributed by atoms with Crippen molar-refractivity contribution in [2.45, 2.75) is 0 Å². The molecule has 0 aliphatic carbocycles. The number of nitrogens with zero attached hydrogens (tertiary/aromatic N) is 1. The maximum Gasteiger partial charge on any atom is 0.328 e. The summed E-state index contributed by atoms with van der Waals surface area (Å²) in [5.41, 5.74) is 6.65. The Kier molecular flexibility index (Phi) is 2.42. The zero-order chi connectivity index (χ0) is 8.97. The van der Waals surface area contributed by atoms with Crippen LogP contribution in [0.2, 0.25) is 0 Å². The maximum atomic E-state index is 10.1. The fraction of sp³-hybridized carbons (Fsp3) is 0. The summed E-state index contributed by atoms with van der Waals surface area (Å²) in [6, 6.07) is 1.61. The number of pyridine rings is 1. The van der Waals surface area contributed by atoms with Gasteiger partial charge in [-0.15, -0.1) is 0 Å².